The number of fused-ring (bicyclic) bond motifs is 1. The maximum absolute atomic E-state index is 11.9. The van der Waals surface area contributed by atoms with Crippen LogP contribution in [0.25, 0.3) is 5.70 Å². The third-order valence-corrected chi connectivity index (χ3v) is 4.06. The SMILES string of the molecule is COc1ccc(C2=CC(=O)CC3CCCCN23)cc1. The van der Waals surface area contributed by atoms with Crippen LogP contribution in [0.4, 0.5) is 0 Å². The van der Waals surface area contributed by atoms with Crippen molar-refractivity contribution in [1.82, 2.24) is 4.90 Å². The lowest BCUT2D eigenvalue weighted by Crippen LogP contribution is -2.42. The summed E-state index contributed by atoms with van der Waals surface area (Å²) in [7, 11) is 1.67. The van der Waals surface area contributed by atoms with Crippen molar-refractivity contribution in [1.29, 1.82) is 0 Å². The number of methoxy groups -OCH3 is 1. The monoisotopic (exact) mass is 257 g/mol. The Kier molecular flexibility index (Phi) is 3.28. The van der Waals surface area contributed by atoms with Gasteiger partial charge in [0, 0.05) is 30.8 Å². The van der Waals surface area contributed by atoms with Crippen LogP contribution in [0.15, 0.2) is 30.3 Å². The van der Waals surface area contributed by atoms with Gasteiger partial charge < -0.3 is 9.64 Å². The molecular weight excluding hydrogens is 238 g/mol. The Morgan fingerprint density at radius 3 is 2.74 bits per heavy atom. The highest BCUT2D eigenvalue weighted by molar-refractivity contribution is 5.98. The molecule has 19 heavy (non-hydrogen) atoms. The Morgan fingerprint density at radius 2 is 2.00 bits per heavy atom. The Morgan fingerprint density at radius 1 is 1.21 bits per heavy atom. The molecule has 0 aromatic heterocycles. The number of hydrogen-bond donors (Lipinski definition) is 0. The first-order valence-electron chi connectivity index (χ1n) is 6.93. The molecule has 100 valence electrons. The zero-order valence-electron chi connectivity index (χ0n) is 11.3. The predicted octanol–water partition coefficient (Wildman–Crippen LogP) is 2.86. The highest BCUT2D eigenvalue weighted by Gasteiger charge is 2.30. The van der Waals surface area contributed by atoms with Gasteiger partial charge in [0.25, 0.3) is 0 Å². The molecule has 0 N–H and O–H groups in total. The van der Waals surface area contributed by atoms with Crippen LogP contribution in [0.1, 0.15) is 31.2 Å². The van der Waals surface area contributed by atoms with E-state index in [4.69, 9.17) is 4.74 Å². The summed E-state index contributed by atoms with van der Waals surface area (Å²) in [6.45, 7) is 1.07. The minimum Gasteiger partial charge on any atom is -0.497 e. The summed E-state index contributed by atoms with van der Waals surface area (Å²) in [6.07, 6.45) is 6.09. The Balaban J connectivity index is 1.93. The average molecular weight is 257 g/mol. The zero-order valence-corrected chi connectivity index (χ0v) is 11.3. The van der Waals surface area contributed by atoms with Crippen LogP contribution in [0.3, 0.4) is 0 Å². The van der Waals surface area contributed by atoms with Gasteiger partial charge in [0.1, 0.15) is 5.75 Å². The standard InChI is InChI=1S/C16H19NO2/c1-19-15-7-5-12(6-8-15)16-11-14(18)10-13-4-2-3-9-17(13)16/h5-8,11,13H,2-4,9-10H2,1H3. The van der Waals surface area contributed by atoms with E-state index in [1.165, 1.54) is 12.8 Å². The number of carbonyl (C=O) groups is 1. The molecule has 0 radical (unpaired) electrons. The third-order valence-electron chi connectivity index (χ3n) is 4.06. The topological polar surface area (TPSA) is 29.5 Å². The molecule has 1 unspecified atom stereocenters. The number of benzene rings is 1. The third kappa shape index (κ3) is 2.37. The fourth-order valence-corrected chi connectivity index (χ4v) is 3.07. The maximum atomic E-state index is 11.9. The van der Waals surface area contributed by atoms with Crippen molar-refractivity contribution < 1.29 is 9.53 Å². The van der Waals surface area contributed by atoms with E-state index in [2.05, 4.69) is 4.90 Å². The molecular formula is C16H19NO2. The summed E-state index contributed by atoms with van der Waals surface area (Å²) >= 11 is 0. The molecule has 2 heterocycles. The molecule has 1 fully saturated rings. The lowest BCUT2D eigenvalue weighted by Gasteiger charge is -2.41. The van der Waals surface area contributed by atoms with Crippen LogP contribution >= 0.6 is 0 Å². The Hall–Kier alpha value is -1.77. The molecule has 1 aromatic carbocycles. The van der Waals surface area contributed by atoms with Gasteiger partial charge in [0.2, 0.25) is 0 Å². The minimum absolute atomic E-state index is 0.258. The van der Waals surface area contributed by atoms with Gasteiger partial charge in [-0.2, -0.15) is 0 Å². The van der Waals surface area contributed by atoms with E-state index >= 15 is 0 Å². The quantitative estimate of drug-likeness (QED) is 0.816. The number of hydrogen-bond acceptors (Lipinski definition) is 3. The first-order valence-corrected chi connectivity index (χ1v) is 6.93. The molecule has 0 bridgehead atoms. The molecule has 1 aromatic rings. The van der Waals surface area contributed by atoms with Gasteiger partial charge in [-0.1, -0.05) is 0 Å². The fourth-order valence-electron chi connectivity index (χ4n) is 3.07. The van der Waals surface area contributed by atoms with Crippen LogP contribution in [0, 0.1) is 0 Å². The molecule has 3 rings (SSSR count). The van der Waals surface area contributed by atoms with Crippen molar-refractivity contribution in [2.24, 2.45) is 0 Å². The fraction of sp³-hybridized carbons (Fsp3) is 0.438. The first kappa shape index (κ1) is 12.3. The van der Waals surface area contributed by atoms with Gasteiger partial charge in [0.05, 0.1) is 7.11 Å². The highest BCUT2D eigenvalue weighted by atomic mass is 16.5. The van der Waals surface area contributed by atoms with Crippen molar-refractivity contribution in [2.75, 3.05) is 13.7 Å². The molecule has 0 spiro atoms. The Bertz CT molecular complexity index is 504. The van der Waals surface area contributed by atoms with Crippen molar-refractivity contribution >= 4 is 11.5 Å². The number of ketones is 1. The molecule has 1 atom stereocenters. The molecule has 0 amide bonds. The summed E-state index contributed by atoms with van der Waals surface area (Å²) in [5, 5.41) is 0. The summed E-state index contributed by atoms with van der Waals surface area (Å²) in [6, 6.07) is 8.38. The molecule has 1 saturated heterocycles. The second-order valence-corrected chi connectivity index (χ2v) is 5.27. The van der Waals surface area contributed by atoms with E-state index < -0.39 is 0 Å². The van der Waals surface area contributed by atoms with Gasteiger partial charge in [-0.3, -0.25) is 4.79 Å². The second kappa shape index (κ2) is 5.08. The van der Waals surface area contributed by atoms with Crippen molar-refractivity contribution in [3.8, 4) is 5.75 Å². The predicted molar refractivity (Wildman–Crippen MR) is 74.9 cm³/mol. The summed E-state index contributed by atoms with van der Waals surface area (Å²) in [5.41, 5.74) is 2.20. The number of piperidine rings is 1. The van der Waals surface area contributed by atoms with Crippen LogP contribution in [-0.4, -0.2) is 30.4 Å². The highest BCUT2D eigenvalue weighted by Crippen LogP contribution is 2.33. The van der Waals surface area contributed by atoms with Crippen LogP contribution in [0.5, 0.6) is 5.75 Å². The van der Waals surface area contributed by atoms with Gasteiger partial charge >= 0.3 is 0 Å². The molecule has 2 aliphatic rings. The largest absolute Gasteiger partial charge is 0.497 e. The van der Waals surface area contributed by atoms with Gasteiger partial charge in [-0.15, -0.1) is 0 Å². The summed E-state index contributed by atoms with van der Waals surface area (Å²) in [4.78, 5) is 14.3. The van der Waals surface area contributed by atoms with E-state index in [1.54, 1.807) is 7.11 Å². The van der Waals surface area contributed by atoms with E-state index in [0.29, 0.717) is 12.5 Å². The van der Waals surface area contributed by atoms with E-state index in [-0.39, 0.29) is 5.78 Å². The van der Waals surface area contributed by atoms with Crippen molar-refractivity contribution in [3.05, 3.63) is 35.9 Å². The van der Waals surface area contributed by atoms with E-state index in [0.717, 1.165) is 30.0 Å². The first-order chi connectivity index (χ1) is 9.28. The van der Waals surface area contributed by atoms with Crippen molar-refractivity contribution in [3.63, 3.8) is 0 Å². The normalized spacial score (nSPS) is 22.8. The van der Waals surface area contributed by atoms with Gasteiger partial charge in [-0.25, -0.2) is 0 Å². The van der Waals surface area contributed by atoms with E-state index in [1.807, 2.05) is 30.3 Å². The molecule has 3 heteroatoms. The number of ether oxygens (including phenoxy) is 1. The number of allylic oxidation sites excluding steroid dienone is 1. The maximum Gasteiger partial charge on any atom is 0.159 e. The summed E-state index contributed by atoms with van der Waals surface area (Å²) in [5.74, 6) is 1.11. The molecule has 0 saturated carbocycles. The van der Waals surface area contributed by atoms with Crippen molar-refractivity contribution in [2.45, 2.75) is 31.7 Å². The zero-order chi connectivity index (χ0) is 13.2. The number of rotatable bonds is 2. The molecule has 0 aliphatic carbocycles. The lowest BCUT2D eigenvalue weighted by atomic mass is 9.91. The molecule has 2 aliphatic heterocycles. The smallest absolute Gasteiger partial charge is 0.159 e. The number of carbonyl (C=O) groups excluding carboxylic acids is 1. The van der Waals surface area contributed by atoms with E-state index in [9.17, 15) is 4.79 Å². The molecule has 3 nitrogen and oxygen atoms in total. The minimum atomic E-state index is 0.258. The van der Waals surface area contributed by atoms with Gasteiger partial charge in [-0.05, 0) is 49.1 Å². The average Bonchev–Trinajstić information content (AvgIpc) is 2.46. The second-order valence-electron chi connectivity index (χ2n) is 5.27. The lowest BCUT2D eigenvalue weighted by molar-refractivity contribution is -0.116. The Labute approximate surface area is 113 Å². The number of nitrogens with zero attached hydrogens (tertiary/aromatic N) is 1. The summed E-state index contributed by atoms with van der Waals surface area (Å²) < 4.78 is 5.18. The van der Waals surface area contributed by atoms with Crippen LogP contribution < -0.4 is 4.74 Å². The van der Waals surface area contributed by atoms with Crippen LogP contribution in [-0.2, 0) is 4.79 Å². The van der Waals surface area contributed by atoms with Crippen LogP contribution in [0.2, 0.25) is 0 Å². The van der Waals surface area contributed by atoms with Gasteiger partial charge in [0.15, 0.2) is 5.78 Å².